The lowest BCUT2D eigenvalue weighted by Crippen LogP contribution is -2.62. The van der Waals surface area contributed by atoms with Crippen LogP contribution in [0.1, 0.15) is 20.3 Å². The molecule has 0 saturated carbocycles. The van der Waals surface area contributed by atoms with E-state index in [2.05, 4.69) is 13.8 Å². The summed E-state index contributed by atoms with van der Waals surface area (Å²) in [7, 11) is 0. The SMILES string of the molecule is CCC1=C(C)N2C(=O)[C@@H](CN)[C@H]2SC1. The molecule has 0 unspecified atom stereocenters. The number of nitrogens with two attached hydrogens (primary N) is 1. The first-order valence-corrected chi connectivity index (χ1v) is 6.09. The molecule has 0 bridgehead atoms. The van der Waals surface area contributed by atoms with Gasteiger partial charge in [0.1, 0.15) is 0 Å². The standard InChI is InChI=1S/C10H16N2OS/c1-3-7-5-14-10-8(4-11)9(13)12(10)6(7)2/h8,10H,3-5,11H2,1-2H3/t8-,10-/m1/s1. The first kappa shape index (κ1) is 10.1. The molecular formula is C10H16N2OS. The molecule has 14 heavy (non-hydrogen) atoms. The lowest BCUT2D eigenvalue weighted by atomic mass is 9.96. The largest absolute Gasteiger partial charge is 0.330 e. The third-order valence-corrected chi connectivity index (χ3v) is 4.53. The lowest BCUT2D eigenvalue weighted by Gasteiger charge is -2.50. The van der Waals surface area contributed by atoms with E-state index in [-0.39, 0.29) is 11.8 Å². The number of hydrogen-bond acceptors (Lipinski definition) is 3. The second kappa shape index (κ2) is 3.59. The zero-order chi connectivity index (χ0) is 10.3. The van der Waals surface area contributed by atoms with E-state index < -0.39 is 0 Å². The van der Waals surface area contributed by atoms with Crippen LogP contribution in [0.25, 0.3) is 0 Å². The lowest BCUT2D eigenvalue weighted by molar-refractivity contribution is -0.146. The van der Waals surface area contributed by atoms with Gasteiger partial charge in [-0.2, -0.15) is 0 Å². The van der Waals surface area contributed by atoms with Gasteiger partial charge in [0.05, 0.1) is 11.3 Å². The van der Waals surface area contributed by atoms with E-state index in [4.69, 9.17) is 5.73 Å². The molecular weight excluding hydrogens is 196 g/mol. The van der Waals surface area contributed by atoms with Crippen LogP contribution >= 0.6 is 11.8 Å². The van der Waals surface area contributed by atoms with Crippen molar-refractivity contribution in [1.82, 2.24) is 4.90 Å². The molecule has 2 aliphatic heterocycles. The van der Waals surface area contributed by atoms with E-state index in [1.54, 1.807) is 0 Å². The number of allylic oxidation sites excluding steroid dienone is 1. The maximum absolute atomic E-state index is 11.7. The smallest absolute Gasteiger partial charge is 0.235 e. The quantitative estimate of drug-likeness (QED) is 0.699. The Morgan fingerprint density at radius 2 is 2.36 bits per heavy atom. The number of nitrogens with zero attached hydrogens (tertiary/aromatic N) is 1. The Kier molecular flexibility index (Phi) is 2.58. The fourth-order valence-corrected chi connectivity index (χ4v) is 3.76. The second-order valence-electron chi connectivity index (χ2n) is 3.79. The Hall–Kier alpha value is -0.480. The average Bonchev–Trinajstić information content (AvgIpc) is 2.17. The molecule has 2 N–H and O–H groups in total. The number of rotatable bonds is 2. The van der Waals surface area contributed by atoms with Gasteiger partial charge in [0.15, 0.2) is 0 Å². The topological polar surface area (TPSA) is 46.3 Å². The Morgan fingerprint density at radius 3 is 2.93 bits per heavy atom. The molecule has 2 aliphatic rings. The van der Waals surface area contributed by atoms with E-state index in [0.29, 0.717) is 11.9 Å². The van der Waals surface area contributed by atoms with Crippen LogP contribution in [0.3, 0.4) is 0 Å². The molecule has 0 radical (unpaired) electrons. The van der Waals surface area contributed by atoms with Crippen molar-refractivity contribution in [2.45, 2.75) is 25.6 Å². The maximum atomic E-state index is 11.7. The van der Waals surface area contributed by atoms with Crippen molar-refractivity contribution in [3.8, 4) is 0 Å². The van der Waals surface area contributed by atoms with Gasteiger partial charge in [-0.1, -0.05) is 6.92 Å². The minimum absolute atomic E-state index is 0.0633. The number of carbonyl (C=O) groups excluding carboxylic acids is 1. The molecule has 2 rings (SSSR count). The molecule has 0 spiro atoms. The highest BCUT2D eigenvalue weighted by atomic mass is 32.2. The van der Waals surface area contributed by atoms with Crippen molar-refractivity contribution in [2.24, 2.45) is 11.7 Å². The number of fused-ring (bicyclic) bond motifs is 1. The highest BCUT2D eigenvalue weighted by molar-refractivity contribution is 8.00. The van der Waals surface area contributed by atoms with Gasteiger partial charge in [-0.25, -0.2) is 0 Å². The predicted molar refractivity (Wildman–Crippen MR) is 58.6 cm³/mol. The highest BCUT2D eigenvalue weighted by Gasteiger charge is 2.49. The van der Waals surface area contributed by atoms with E-state index in [1.807, 2.05) is 16.7 Å². The summed E-state index contributed by atoms with van der Waals surface area (Å²) in [6.45, 7) is 4.68. The van der Waals surface area contributed by atoms with E-state index in [1.165, 1.54) is 11.3 Å². The molecule has 1 fully saturated rings. The van der Waals surface area contributed by atoms with Crippen LogP contribution in [-0.4, -0.2) is 28.5 Å². The van der Waals surface area contributed by atoms with Gasteiger partial charge in [-0.15, -0.1) is 11.8 Å². The third-order valence-electron chi connectivity index (χ3n) is 3.14. The number of amides is 1. The van der Waals surface area contributed by atoms with Gasteiger partial charge in [0, 0.05) is 18.0 Å². The predicted octanol–water partition coefficient (Wildman–Crippen LogP) is 1.16. The molecule has 78 valence electrons. The van der Waals surface area contributed by atoms with Gasteiger partial charge in [0.25, 0.3) is 0 Å². The van der Waals surface area contributed by atoms with Gasteiger partial charge in [-0.3, -0.25) is 4.79 Å². The van der Waals surface area contributed by atoms with Crippen molar-refractivity contribution in [3.05, 3.63) is 11.3 Å². The normalized spacial score (nSPS) is 31.6. The van der Waals surface area contributed by atoms with Crippen molar-refractivity contribution in [3.63, 3.8) is 0 Å². The molecule has 1 amide bonds. The average molecular weight is 212 g/mol. The maximum Gasteiger partial charge on any atom is 0.235 e. The number of carbonyl (C=O) groups is 1. The first-order chi connectivity index (χ1) is 6.70. The minimum atomic E-state index is 0.0633. The summed E-state index contributed by atoms with van der Waals surface area (Å²) < 4.78 is 0. The van der Waals surface area contributed by atoms with Gasteiger partial charge in [0.2, 0.25) is 5.91 Å². The van der Waals surface area contributed by atoms with Crippen molar-refractivity contribution < 1.29 is 4.79 Å². The molecule has 2 heterocycles. The van der Waals surface area contributed by atoms with Crippen molar-refractivity contribution in [2.75, 3.05) is 12.3 Å². The first-order valence-electron chi connectivity index (χ1n) is 5.04. The van der Waals surface area contributed by atoms with Crippen LogP contribution in [0.15, 0.2) is 11.3 Å². The van der Waals surface area contributed by atoms with E-state index in [0.717, 1.165) is 12.2 Å². The summed E-state index contributed by atoms with van der Waals surface area (Å²) in [5, 5.41) is 0.322. The summed E-state index contributed by atoms with van der Waals surface area (Å²) in [5.41, 5.74) is 8.14. The van der Waals surface area contributed by atoms with Crippen LogP contribution in [0.2, 0.25) is 0 Å². The highest BCUT2D eigenvalue weighted by Crippen LogP contribution is 2.43. The third kappa shape index (κ3) is 1.21. The Labute approximate surface area is 88.7 Å². The summed E-state index contributed by atoms with van der Waals surface area (Å²) in [6.07, 6.45) is 1.04. The fourth-order valence-electron chi connectivity index (χ4n) is 2.11. The molecule has 2 atom stereocenters. The molecule has 4 heteroatoms. The van der Waals surface area contributed by atoms with E-state index >= 15 is 0 Å². The van der Waals surface area contributed by atoms with Crippen LogP contribution in [0.5, 0.6) is 0 Å². The number of hydrogen-bond donors (Lipinski definition) is 1. The summed E-state index contributed by atoms with van der Waals surface area (Å²) >= 11 is 1.85. The molecule has 3 nitrogen and oxygen atoms in total. The Bertz CT molecular complexity index is 300. The van der Waals surface area contributed by atoms with Gasteiger partial charge in [-0.05, 0) is 18.9 Å². The Morgan fingerprint density at radius 1 is 1.64 bits per heavy atom. The van der Waals surface area contributed by atoms with Crippen LogP contribution in [0, 0.1) is 5.92 Å². The molecule has 0 aromatic heterocycles. The zero-order valence-corrected chi connectivity index (χ0v) is 9.43. The van der Waals surface area contributed by atoms with Gasteiger partial charge >= 0.3 is 0 Å². The molecule has 0 aliphatic carbocycles. The van der Waals surface area contributed by atoms with Crippen molar-refractivity contribution >= 4 is 17.7 Å². The van der Waals surface area contributed by atoms with Crippen LogP contribution in [-0.2, 0) is 4.79 Å². The summed E-state index contributed by atoms with van der Waals surface area (Å²) in [6, 6.07) is 0. The molecule has 0 aromatic carbocycles. The zero-order valence-electron chi connectivity index (χ0n) is 8.62. The van der Waals surface area contributed by atoms with Crippen molar-refractivity contribution in [1.29, 1.82) is 0 Å². The van der Waals surface area contributed by atoms with Crippen LogP contribution < -0.4 is 5.73 Å². The molecule has 0 aromatic rings. The molecule has 1 saturated heterocycles. The van der Waals surface area contributed by atoms with Gasteiger partial charge < -0.3 is 10.6 Å². The fraction of sp³-hybridized carbons (Fsp3) is 0.700. The second-order valence-corrected chi connectivity index (χ2v) is 4.90. The monoisotopic (exact) mass is 212 g/mol. The summed E-state index contributed by atoms with van der Waals surface area (Å²) in [5.74, 6) is 1.34. The summed E-state index contributed by atoms with van der Waals surface area (Å²) in [4.78, 5) is 13.6. The minimum Gasteiger partial charge on any atom is -0.330 e. The van der Waals surface area contributed by atoms with E-state index in [9.17, 15) is 4.79 Å². The Balaban J connectivity index is 2.22. The van der Waals surface area contributed by atoms with Crippen LogP contribution in [0.4, 0.5) is 0 Å². The number of β-lactam (4-membered cyclic amide) rings is 1. The number of thioether (sulfide) groups is 1.